The van der Waals surface area contributed by atoms with E-state index in [0.717, 1.165) is 49.7 Å². The van der Waals surface area contributed by atoms with Crippen molar-refractivity contribution in [2.75, 3.05) is 31.6 Å². The summed E-state index contributed by atoms with van der Waals surface area (Å²) in [5.74, 6) is 0.914. The van der Waals surface area contributed by atoms with Gasteiger partial charge in [-0.25, -0.2) is 4.99 Å². The monoisotopic (exact) mass is 500 g/mol. The minimum absolute atomic E-state index is 0. The second kappa shape index (κ2) is 10.4. The summed E-state index contributed by atoms with van der Waals surface area (Å²) in [6.45, 7) is 10.9. The average molecular weight is 500 g/mol. The highest BCUT2D eigenvalue weighted by Gasteiger charge is 2.30. The van der Waals surface area contributed by atoms with Gasteiger partial charge < -0.3 is 20.3 Å². The SMILES string of the molecule is CCNC(=NCc1cccc(NC(=O)C2CCCO2)c1)N1CCC(C)(C)C1.I. The lowest BCUT2D eigenvalue weighted by molar-refractivity contribution is -0.124. The van der Waals surface area contributed by atoms with Crippen molar-refractivity contribution >= 4 is 41.5 Å². The summed E-state index contributed by atoms with van der Waals surface area (Å²) in [6, 6.07) is 7.91. The molecule has 1 unspecified atom stereocenters. The van der Waals surface area contributed by atoms with E-state index in [1.165, 1.54) is 6.42 Å². The topological polar surface area (TPSA) is 66.0 Å². The summed E-state index contributed by atoms with van der Waals surface area (Å²) in [4.78, 5) is 19.4. The second-order valence-corrected chi connectivity index (χ2v) is 8.20. The summed E-state index contributed by atoms with van der Waals surface area (Å²) in [6.07, 6.45) is 2.62. The summed E-state index contributed by atoms with van der Waals surface area (Å²) >= 11 is 0. The third-order valence-corrected chi connectivity index (χ3v) is 5.14. The number of carbonyl (C=O) groups is 1. The Labute approximate surface area is 185 Å². The Morgan fingerprint density at radius 1 is 1.39 bits per heavy atom. The van der Waals surface area contributed by atoms with E-state index in [1.54, 1.807) is 0 Å². The lowest BCUT2D eigenvalue weighted by Gasteiger charge is -2.23. The van der Waals surface area contributed by atoms with E-state index in [0.29, 0.717) is 18.6 Å². The van der Waals surface area contributed by atoms with E-state index in [4.69, 9.17) is 9.73 Å². The van der Waals surface area contributed by atoms with Gasteiger partial charge >= 0.3 is 0 Å². The molecule has 2 heterocycles. The molecular formula is C21H33IN4O2. The number of guanidine groups is 1. The van der Waals surface area contributed by atoms with Crippen molar-refractivity contribution in [1.82, 2.24) is 10.2 Å². The Hall–Kier alpha value is -1.35. The molecule has 2 aliphatic rings. The Balaban J connectivity index is 0.00000280. The minimum atomic E-state index is -0.314. The third kappa shape index (κ3) is 6.34. The van der Waals surface area contributed by atoms with Gasteiger partial charge in [-0.2, -0.15) is 0 Å². The molecule has 7 heteroatoms. The molecule has 2 fully saturated rings. The summed E-state index contributed by atoms with van der Waals surface area (Å²) in [7, 11) is 0. The number of ether oxygens (including phenoxy) is 1. The summed E-state index contributed by atoms with van der Waals surface area (Å²) < 4.78 is 5.45. The molecule has 6 nitrogen and oxygen atoms in total. The normalized spacial score (nSPS) is 21.3. The van der Waals surface area contributed by atoms with Crippen molar-refractivity contribution in [3.8, 4) is 0 Å². The molecule has 3 rings (SSSR count). The van der Waals surface area contributed by atoms with Crippen LogP contribution in [0.1, 0.15) is 45.6 Å². The van der Waals surface area contributed by atoms with Gasteiger partial charge in [-0.1, -0.05) is 26.0 Å². The zero-order valence-corrected chi connectivity index (χ0v) is 19.5. The van der Waals surface area contributed by atoms with Gasteiger partial charge in [0.1, 0.15) is 6.10 Å². The molecule has 1 atom stereocenters. The van der Waals surface area contributed by atoms with E-state index in [1.807, 2.05) is 24.3 Å². The van der Waals surface area contributed by atoms with Crippen LogP contribution in [0.5, 0.6) is 0 Å². The number of hydrogen-bond acceptors (Lipinski definition) is 3. The Bertz CT molecular complexity index is 687. The zero-order chi connectivity index (χ0) is 19.3. The lowest BCUT2D eigenvalue weighted by atomic mass is 9.93. The molecule has 0 saturated carbocycles. The fourth-order valence-electron chi connectivity index (χ4n) is 3.64. The van der Waals surface area contributed by atoms with Crippen molar-refractivity contribution in [1.29, 1.82) is 0 Å². The van der Waals surface area contributed by atoms with Crippen molar-refractivity contribution in [2.24, 2.45) is 10.4 Å². The fraction of sp³-hybridized carbons (Fsp3) is 0.619. The molecule has 1 amide bonds. The van der Waals surface area contributed by atoms with Gasteiger partial charge in [0.2, 0.25) is 0 Å². The molecule has 0 aromatic heterocycles. The number of carbonyl (C=O) groups excluding carboxylic acids is 1. The molecule has 28 heavy (non-hydrogen) atoms. The van der Waals surface area contributed by atoms with Crippen molar-refractivity contribution in [3.05, 3.63) is 29.8 Å². The van der Waals surface area contributed by atoms with Crippen LogP contribution < -0.4 is 10.6 Å². The predicted octanol–water partition coefficient (Wildman–Crippen LogP) is 3.62. The maximum atomic E-state index is 12.2. The van der Waals surface area contributed by atoms with Gasteiger partial charge in [0, 0.05) is 31.9 Å². The fourth-order valence-corrected chi connectivity index (χ4v) is 3.64. The number of nitrogens with zero attached hydrogens (tertiary/aromatic N) is 2. The van der Waals surface area contributed by atoms with Gasteiger partial charge in [0.15, 0.2) is 5.96 Å². The molecule has 2 N–H and O–H groups in total. The van der Waals surface area contributed by atoms with Crippen LogP contribution in [0.15, 0.2) is 29.3 Å². The Morgan fingerprint density at radius 3 is 2.86 bits per heavy atom. The molecule has 1 aromatic rings. The van der Waals surface area contributed by atoms with E-state index < -0.39 is 0 Å². The summed E-state index contributed by atoms with van der Waals surface area (Å²) in [5.41, 5.74) is 2.22. The van der Waals surface area contributed by atoms with Crippen molar-refractivity contribution in [2.45, 2.75) is 52.7 Å². The first-order valence-corrected chi connectivity index (χ1v) is 10.0. The molecule has 0 bridgehead atoms. The third-order valence-electron chi connectivity index (χ3n) is 5.14. The molecule has 1 aromatic carbocycles. The molecule has 0 aliphatic carbocycles. The number of likely N-dealkylation sites (tertiary alicyclic amines) is 1. The molecule has 156 valence electrons. The van der Waals surface area contributed by atoms with Crippen LogP contribution in [0.2, 0.25) is 0 Å². The van der Waals surface area contributed by atoms with Crippen molar-refractivity contribution < 1.29 is 9.53 Å². The van der Waals surface area contributed by atoms with Crippen LogP contribution in [0.25, 0.3) is 0 Å². The highest BCUT2D eigenvalue weighted by molar-refractivity contribution is 14.0. The van der Waals surface area contributed by atoms with Crippen LogP contribution in [0.3, 0.4) is 0 Å². The quantitative estimate of drug-likeness (QED) is 0.368. The van der Waals surface area contributed by atoms with Gasteiger partial charge in [0.05, 0.1) is 6.54 Å². The maximum Gasteiger partial charge on any atom is 0.253 e. The first-order chi connectivity index (χ1) is 13.0. The smallest absolute Gasteiger partial charge is 0.253 e. The molecule has 2 saturated heterocycles. The number of anilines is 1. The van der Waals surface area contributed by atoms with Crippen LogP contribution in [0, 0.1) is 5.41 Å². The largest absolute Gasteiger partial charge is 0.368 e. The van der Waals surface area contributed by atoms with E-state index in [9.17, 15) is 4.79 Å². The van der Waals surface area contributed by atoms with Crippen LogP contribution in [-0.4, -0.2) is 49.1 Å². The number of rotatable bonds is 5. The predicted molar refractivity (Wildman–Crippen MR) is 124 cm³/mol. The molecule has 0 spiro atoms. The number of amides is 1. The number of halogens is 1. The van der Waals surface area contributed by atoms with Gasteiger partial charge in [-0.05, 0) is 49.3 Å². The van der Waals surface area contributed by atoms with E-state index in [-0.39, 0.29) is 36.0 Å². The number of aliphatic imine (C=N–C) groups is 1. The maximum absolute atomic E-state index is 12.2. The first kappa shape index (κ1) is 22.9. The molecular weight excluding hydrogens is 467 g/mol. The number of hydrogen-bond donors (Lipinski definition) is 2. The Kier molecular flexibility index (Phi) is 8.55. The summed E-state index contributed by atoms with van der Waals surface area (Å²) in [5, 5.41) is 6.37. The van der Waals surface area contributed by atoms with Crippen LogP contribution in [0.4, 0.5) is 5.69 Å². The van der Waals surface area contributed by atoms with Crippen LogP contribution >= 0.6 is 24.0 Å². The lowest BCUT2D eigenvalue weighted by Crippen LogP contribution is -2.40. The van der Waals surface area contributed by atoms with Crippen molar-refractivity contribution in [3.63, 3.8) is 0 Å². The van der Waals surface area contributed by atoms with Crippen LogP contribution in [-0.2, 0) is 16.1 Å². The van der Waals surface area contributed by atoms with E-state index >= 15 is 0 Å². The molecule has 0 radical (unpaired) electrons. The molecule has 2 aliphatic heterocycles. The van der Waals surface area contributed by atoms with Gasteiger partial charge in [-0.15, -0.1) is 24.0 Å². The number of benzene rings is 1. The standard InChI is InChI=1S/C21H32N4O2.HI/c1-4-22-20(25-11-10-21(2,3)15-25)23-14-16-7-5-8-17(13-16)24-19(26)18-9-6-12-27-18;/h5,7-8,13,18H,4,6,9-12,14-15H2,1-3H3,(H,22,23)(H,24,26);1H. The first-order valence-electron chi connectivity index (χ1n) is 10.0. The Morgan fingerprint density at radius 2 is 2.21 bits per heavy atom. The highest BCUT2D eigenvalue weighted by Crippen LogP contribution is 2.28. The van der Waals surface area contributed by atoms with E-state index in [2.05, 4.69) is 36.3 Å². The number of nitrogens with one attached hydrogen (secondary N) is 2. The highest BCUT2D eigenvalue weighted by atomic mass is 127. The minimum Gasteiger partial charge on any atom is -0.368 e. The zero-order valence-electron chi connectivity index (χ0n) is 17.2. The van der Waals surface area contributed by atoms with Gasteiger partial charge in [0.25, 0.3) is 5.91 Å². The second-order valence-electron chi connectivity index (χ2n) is 8.20. The van der Waals surface area contributed by atoms with Gasteiger partial charge in [-0.3, -0.25) is 4.79 Å². The average Bonchev–Trinajstić information content (AvgIpc) is 3.28.